The lowest BCUT2D eigenvalue weighted by atomic mass is 10.1. The van der Waals surface area contributed by atoms with E-state index in [0.717, 1.165) is 7.11 Å². The van der Waals surface area contributed by atoms with Gasteiger partial charge in [0, 0.05) is 26.0 Å². The summed E-state index contributed by atoms with van der Waals surface area (Å²) in [5.41, 5.74) is 8.08. The van der Waals surface area contributed by atoms with Gasteiger partial charge in [-0.25, -0.2) is 9.59 Å². The summed E-state index contributed by atoms with van der Waals surface area (Å²) in [6.45, 7) is 1.98. The van der Waals surface area contributed by atoms with Gasteiger partial charge in [0.15, 0.2) is 12.2 Å². The average molecular weight is 532 g/mol. The molecule has 3 aromatic carbocycles. The first kappa shape index (κ1) is 34.0. The van der Waals surface area contributed by atoms with Crippen molar-refractivity contribution < 1.29 is 45.0 Å². The van der Waals surface area contributed by atoms with Gasteiger partial charge in [-0.05, 0) is 47.9 Å². The number of aliphatic hydroxyl groups excluding tert-OH is 3. The lowest BCUT2D eigenvalue weighted by Crippen LogP contribution is -2.23. The van der Waals surface area contributed by atoms with E-state index in [1.54, 1.807) is 24.3 Å². The molecule has 3 atom stereocenters. The van der Waals surface area contributed by atoms with Crippen molar-refractivity contribution in [1.29, 1.82) is 0 Å². The highest BCUT2D eigenvalue weighted by atomic mass is 16.5. The number of phenolic OH excluding ortho intramolecular Hbond substituents is 2. The molecule has 10 heteroatoms. The quantitative estimate of drug-likeness (QED) is 0.222. The second-order valence-corrected chi connectivity index (χ2v) is 7.84. The van der Waals surface area contributed by atoms with E-state index in [1.807, 2.05) is 37.3 Å². The molecule has 0 unspecified atom stereocenters. The molecule has 3 rings (SSSR count). The second kappa shape index (κ2) is 19.2. The highest BCUT2D eigenvalue weighted by Crippen LogP contribution is 2.13. The number of carboxylic acids is 1. The first-order valence-electron chi connectivity index (χ1n) is 11.5. The fourth-order valence-electron chi connectivity index (χ4n) is 2.88. The Morgan fingerprint density at radius 1 is 0.789 bits per heavy atom. The van der Waals surface area contributed by atoms with Crippen molar-refractivity contribution >= 4 is 11.9 Å². The molecule has 0 saturated carbocycles. The minimum absolute atomic E-state index is 0.00370. The normalized spacial score (nSPS) is 12.0. The van der Waals surface area contributed by atoms with Crippen molar-refractivity contribution in [2.24, 2.45) is 5.73 Å². The van der Waals surface area contributed by atoms with Gasteiger partial charge in [0.1, 0.15) is 11.5 Å². The van der Waals surface area contributed by atoms with Crippen molar-refractivity contribution in [3.05, 3.63) is 95.6 Å². The molecule has 0 aliphatic carbocycles. The number of phenols is 2. The van der Waals surface area contributed by atoms with E-state index in [2.05, 4.69) is 4.74 Å². The zero-order valence-corrected chi connectivity index (χ0v) is 21.6. The Hall–Kier alpha value is -3.96. The van der Waals surface area contributed by atoms with Crippen LogP contribution in [0.3, 0.4) is 0 Å². The SMILES string of the molecule is CO.COC(=O)[C@@H](O)Cc1cccc(O)c1.C[C@H](N)c1ccccc1.O=C(O)[C@@H](O)Cc1cccc(O)c1. The first-order chi connectivity index (χ1) is 18.0. The molecule has 0 aliphatic heterocycles. The summed E-state index contributed by atoms with van der Waals surface area (Å²) in [6.07, 6.45) is -2.45. The number of aliphatic carboxylic acids is 1. The van der Waals surface area contributed by atoms with Gasteiger partial charge in [-0.1, -0.05) is 54.6 Å². The Balaban J connectivity index is 0.000000533. The molecule has 3 aromatic rings. The summed E-state index contributed by atoms with van der Waals surface area (Å²) >= 11 is 0. The Morgan fingerprint density at radius 3 is 1.58 bits per heavy atom. The Labute approximate surface area is 222 Å². The van der Waals surface area contributed by atoms with Gasteiger partial charge in [-0.2, -0.15) is 0 Å². The maximum Gasteiger partial charge on any atom is 0.335 e. The van der Waals surface area contributed by atoms with Gasteiger partial charge < -0.3 is 41.1 Å². The number of ether oxygens (including phenoxy) is 1. The molecule has 0 spiro atoms. The van der Waals surface area contributed by atoms with Crippen LogP contribution in [0.4, 0.5) is 0 Å². The van der Waals surface area contributed by atoms with Crippen LogP contribution in [0.15, 0.2) is 78.9 Å². The zero-order valence-electron chi connectivity index (χ0n) is 21.6. The number of nitrogens with two attached hydrogens (primary N) is 1. The lowest BCUT2D eigenvalue weighted by molar-refractivity contribution is -0.150. The van der Waals surface area contributed by atoms with Crippen LogP contribution in [-0.2, 0) is 27.2 Å². The number of carbonyl (C=O) groups is 2. The number of esters is 1. The summed E-state index contributed by atoms with van der Waals surface area (Å²) < 4.78 is 4.36. The molecule has 0 fully saturated rings. The van der Waals surface area contributed by atoms with Crippen LogP contribution in [0.5, 0.6) is 11.5 Å². The number of hydrogen-bond donors (Lipinski definition) is 7. The number of aromatic hydroxyl groups is 2. The van der Waals surface area contributed by atoms with E-state index in [-0.39, 0.29) is 30.4 Å². The van der Waals surface area contributed by atoms with E-state index in [4.69, 9.17) is 31.3 Å². The minimum atomic E-state index is -1.42. The smallest absolute Gasteiger partial charge is 0.335 e. The number of carboxylic acid groups (broad SMARTS) is 1. The number of benzene rings is 3. The minimum Gasteiger partial charge on any atom is -0.508 e. The number of rotatable bonds is 7. The predicted molar refractivity (Wildman–Crippen MR) is 142 cm³/mol. The average Bonchev–Trinajstić information content (AvgIpc) is 2.90. The van der Waals surface area contributed by atoms with E-state index >= 15 is 0 Å². The van der Waals surface area contributed by atoms with Crippen LogP contribution in [0.2, 0.25) is 0 Å². The molecular weight excluding hydrogens is 494 g/mol. The molecule has 8 N–H and O–H groups in total. The van der Waals surface area contributed by atoms with Crippen molar-refractivity contribution in [2.75, 3.05) is 14.2 Å². The van der Waals surface area contributed by atoms with Crippen LogP contribution in [0.25, 0.3) is 0 Å². The van der Waals surface area contributed by atoms with E-state index in [1.165, 1.54) is 36.9 Å². The van der Waals surface area contributed by atoms with Crippen LogP contribution in [-0.4, -0.2) is 69.0 Å². The van der Waals surface area contributed by atoms with E-state index in [9.17, 15) is 14.7 Å². The Kier molecular flexibility index (Phi) is 17.2. The number of hydrogen-bond acceptors (Lipinski definition) is 9. The van der Waals surface area contributed by atoms with E-state index in [0.29, 0.717) is 11.1 Å². The number of aliphatic hydroxyl groups is 3. The molecule has 0 aliphatic rings. The van der Waals surface area contributed by atoms with Gasteiger partial charge in [0.2, 0.25) is 0 Å². The maximum atomic E-state index is 10.9. The zero-order chi connectivity index (χ0) is 29.1. The van der Waals surface area contributed by atoms with Crippen LogP contribution in [0.1, 0.15) is 29.7 Å². The molecule has 0 heterocycles. The molecule has 0 saturated heterocycles. The van der Waals surface area contributed by atoms with Gasteiger partial charge in [0.05, 0.1) is 7.11 Å². The van der Waals surface area contributed by atoms with E-state index < -0.39 is 24.1 Å². The van der Waals surface area contributed by atoms with Gasteiger partial charge in [-0.3, -0.25) is 0 Å². The summed E-state index contributed by atoms with van der Waals surface area (Å²) in [4.78, 5) is 21.1. The third-order valence-corrected chi connectivity index (χ3v) is 4.76. The highest BCUT2D eigenvalue weighted by Gasteiger charge is 2.15. The summed E-state index contributed by atoms with van der Waals surface area (Å²) in [5, 5.41) is 51.9. The fraction of sp³-hybridized carbons (Fsp3) is 0.286. The number of carbonyl (C=O) groups excluding carboxylic acids is 1. The molecule has 0 aromatic heterocycles. The Morgan fingerprint density at radius 2 is 1.24 bits per heavy atom. The lowest BCUT2D eigenvalue weighted by Gasteiger charge is -2.07. The monoisotopic (exact) mass is 531 g/mol. The van der Waals surface area contributed by atoms with Crippen molar-refractivity contribution in [3.8, 4) is 11.5 Å². The molecule has 208 valence electrons. The highest BCUT2D eigenvalue weighted by molar-refractivity contribution is 5.74. The predicted octanol–water partition coefficient (Wildman–Crippen LogP) is 2.16. The molecule has 10 nitrogen and oxygen atoms in total. The molecule has 0 bridgehead atoms. The largest absolute Gasteiger partial charge is 0.508 e. The molecular formula is C28H37NO9. The summed E-state index contributed by atoms with van der Waals surface area (Å²) in [6, 6.07) is 22.7. The summed E-state index contributed by atoms with van der Waals surface area (Å²) in [5.74, 6) is -1.76. The topological polar surface area (TPSA) is 191 Å². The van der Waals surface area contributed by atoms with Crippen LogP contribution >= 0.6 is 0 Å². The standard InChI is InChI=1S/C10H12O4.C9H10O4.C8H11N.CH4O/c1-14-10(13)9(12)6-7-3-2-4-8(11)5-7;10-7-3-1-2-6(4-7)5-8(11)9(12)13;1-7(9)8-5-3-2-4-6-8;1-2/h2-5,9,11-12H,6H2,1H3;1-4,8,10-11H,5H2,(H,12,13);2-7H,9H2,1H3;2H,1H3/t9-;8-;7-;/m000./s1. The van der Waals surface area contributed by atoms with Crippen LogP contribution in [0, 0.1) is 0 Å². The Bertz CT molecular complexity index is 1070. The third kappa shape index (κ3) is 14.6. The maximum absolute atomic E-state index is 10.9. The van der Waals surface area contributed by atoms with Crippen molar-refractivity contribution in [3.63, 3.8) is 0 Å². The van der Waals surface area contributed by atoms with Gasteiger partial charge in [-0.15, -0.1) is 0 Å². The number of methoxy groups -OCH3 is 1. The first-order valence-corrected chi connectivity index (χ1v) is 11.5. The molecule has 0 amide bonds. The van der Waals surface area contributed by atoms with Gasteiger partial charge in [0.25, 0.3) is 0 Å². The fourth-order valence-corrected chi connectivity index (χ4v) is 2.88. The van der Waals surface area contributed by atoms with Crippen LogP contribution < -0.4 is 5.73 Å². The molecule has 38 heavy (non-hydrogen) atoms. The van der Waals surface area contributed by atoms with Crippen molar-refractivity contribution in [1.82, 2.24) is 0 Å². The second-order valence-electron chi connectivity index (χ2n) is 7.84. The third-order valence-electron chi connectivity index (χ3n) is 4.76. The van der Waals surface area contributed by atoms with Gasteiger partial charge >= 0.3 is 11.9 Å². The summed E-state index contributed by atoms with van der Waals surface area (Å²) in [7, 11) is 2.22. The molecule has 0 radical (unpaired) electrons. The van der Waals surface area contributed by atoms with Crippen molar-refractivity contribution in [2.45, 2.75) is 38.0 Å².